The molecule has 1 saturated heterocycles. The number of piperidine rings is 1. The van der Waals surface area contributed by atoms with Crippen LogP contribution in [0.3, 0.4) is 0 Å². The van der Waals surface area contributed by atoms with E-state index in [2.05, 4.69) is 48.5 Å². The first-order valence-corrected chi connectivity index (χ1v) is 12.1. The summed E-state index contributed by atoms with van der Waals surface area (Å²) >= 11 is 0. The average Bonchev–Trinajstić information content (AvgIpc) is 3.33. The number of nitrogens with zero attached hydrogens (tertiary/aromatic N) is 2. The van der Waals surface area contributed by atoms with Gasteiger partial charge in [-0.25, -0.2) is 0 Å². The fourth-order valence-corrected chi connectivity index (χ4v) is 5.55. The van der Waals surface area contributed by atoms with Gasteiger partial charge in [0.05, 0.1) is 5.41 Å². The number of amides is 2. The second-order valence-corrected chi connectivity index (χ2v) is 9.96. The molecule has 0 radical (unpaired) electrons. The molecule has 0 bridgehead atoms. The lowest BCUT2D eigenvalue weighted by Crippen LogP contribution is -2.51. The molecule has 4 heteroatoms. The predicted octanol–water partition coefficient (Wildman–Crippen LogP) is 5.17. The summed E-state index contributed by atoms with van der Waals surface area (Å²) in [6, 6.07) is 19.0. The number of hydrogen-bond donors (Lipinski definition) is 0. The Kier molecular flexibility index (Phi) is 6.98. The molecule has 2 aromatic rings. The molecule has 0 atom stereocenters. The summed E-state index contributed by atoms with van der Waals surface area (Å²) in [4.78, 5) is 29.9. The zero-order valence-electron chi connectivity index (χ0n) is 19.6. The molecule has 2 fully saturated rings. The molecule has 1 heterocycles. The second kappa shape index (κ2) is 9.89. The highest BCUT2D eigenvalue weighted by Crippen LogP contribution is 2.38. The Bertz CT molecular complexity index is 906. The topological polar surface area (TPSA) is 40.6 Å². The van der Waals surface area contributed by atoms with Gasteiger partial charge in [-0.1, -0.05) is 67.4 Å². The van der Waals surface area contributed by atoms with Crippen LogP contribution in [0.2, 0.25) is 0 Å². The SMILES string of the molecule is CN(C)C(=O)C1(Cc2ccc(-c3ccccc3)cc2)CCN(C(=O)CC2CCCC2)CC1. The van der Waals surface area contributed by atoms with Crippen molar-refractivity contribution >= 4 is 11.8 Å². The Morgan fingerprint density at radius 3 is 2.09 bits per heavy atom. The maximum atomic E-state index is 13.3. The van der Waals surface area contributed by atoms with Crippen molar-refractivity contribution in [3.63, 3.8) is 0 Å². The van der Waals surface area contributed by atoms with Crippen LogP contribution in [0.15, 0.2) is 54.6 Å². The first-order chi connectivity index (χ1) is 15.5. The zero-order valence-corrected chi connectivity index (χ0v) is 19.6. The predicted molar refractivity (Wildman–Crippen MR) is 129 cm³/mol. The molecule has 1 aliphatic heterocycles. The quantitative estimate of drug-likeness (QED) is 0.632. The van der Waals surface area contributed by atoms with E-state index in [1.165, 1.54) is 42.4 Å². The normalized spacial score (nSPS) is 18.5. The molecule has 4 nitrogen and oxygen atoms in total. The molecule has 0 aromatic heterocycles. The lowest BCUT2D eigenvalue weighted by Gasteiger charge is -2.42. The zero-order chi connectivity index (χ0) is 22.6. The lowest BCUT2D eigenvalue weighted by atomic mass is 9.72. The second-order valence-electron chi connectivity index (χ2n) is 9.96. The molecule has 0 N–H and O–H groups in total. The summed E-state index contributed by atoms with van der Waals surface area (Å²) in [6.45, 7) is 1.38. The molecule has 170 valence electrons. The first-order valence-electron chi connectivity index (χ1n) is 12.1. The smallest absolute Gasteiger partial charge is 0.228 e. The number of carbonyl (C=O) groups excluding carboxylic acids is 2. The van der Waals surface area contributed by atoms with Crippen LogP contribution in [-0.2, 0) is 16.0 Å². The molecule has 4 rings (SSSR count). The maximum Gasteiger partial charge on any atom is 0.228 e. The van der Waals surface area contributed by atoms with E-state index in [0.717, 1.165) is 19.3 Å². The first kappa shape index (κ1) is 22.6. The largest absolute Gasteiger partial charge is 0.348 e. The van der Waals surface area contributed by atoms with Crippen molar-refractivity contribution in [1.82, 2.24) is 9.80 Å². The third-order valence-corrected chi connectivity index (χ3v) is 7.47. The molecule has 1 saturated carbocycles. The van der Waals surface area contributed by atoms with Gasteiger partial charge in [0, 0.05) is 33.6 Å². The lowest BCUT2D eigenvalue weighted by molar-refractivity contribution is -0.146. The van der Waals surface area contributed by atoms with Gasteiger partial charge in [0.15, 0.2) is 0 Å². The highest BCUT2D eigenvalue weighted by molar-refractivity contribution is 5.83. The minimum Gasteiger partial charge on any atom is -0.348 e. The van der Waals surface area contributed by atoms with Gasteiger partial charge in [0.25, 0.3) is 0 Å². The summed E-state index contributed by atoms with van der Waals surface area (Å²) in [5.74, 6) is 1.04. The van der Waals surface area contributed by atoms with Gasteiger partial charge in [0.1, 0.15) is 0 Å². The fourth-order valence-electron chi connectivity index (χ4n) is 5.55. The Hall–Kier alpha value is -2.62. The Labute approximate surface area is 192 Å². The molecule has 2 aromatic carbocycles. The van der Waals surface area contributed by atoms with E-state index in [0.29, 0.717) is 25.4 Å². The maximum absolute atomic E-state index is 13.3. The van der Waals surface area contributed by atoms with Crippen LogP contribution in [0.1, 0.15) is 50.5 Å². The van der Waals surface area contributed by atoms with E-state index >= 15 is 0 Å². The fraction of sp³-hybridized carbons (Fsp3) is 0.500. The van der Waals surface area contributed by atoms with Gasteiger partial charge in [-0.15, -0.1) is 0 Å². The number of carbonyl (C=O) groups is 2. The summed E-state index contributed by atoms with van der Waals surface area (Å²) in [7, 11) is 3.69. The molecule has 2 amide bonds. The molecule has 2 aliphatic rings. The molecule has 32 heavy (non-hydrogen) atoms. The number of rotatable bonds is 6. The minimum absolute atomic E-state index is 0.188. The van der Waals surface area contributed by atoms with Crippen LogP contribution in [0.5, 0.6) is 0 Å². The molecule has 0 spiro atoms. The monoisotopic (exact) mass is 432 g/mol. The van der Waals surface area contributed by atoms with E-state index in [9.17, 15) is 9.59 Å². The van der Waals surface area contributed by atoms with Crippen LogP contribution in [-0.4, -0.2) is 48.8 Å². The van der Waals surface area contributed by atoms with Gasteiger partial charge in [-0.05, 0) is 54.7 Å². The molecule has 1 aliphatic carbocycles. The van der Waals surface area contributed by atoms with Crippen LogP contribution in [0.4, 0.5) is 0 Å². The minimum atomic E-state index is -0.429. The Morgan fingerprint density at radius 1 is 0.906 bits per heavy atom. The van der Waals surface area contributed by atoms with Crippen LogP contribution in [0, 0.1) is 11.3 Å². The number of hydrogen-bond acceptors (Lipinski definition) is 2. The molecule has 0 unspecified atom stereocenters. The van der Waals surface area contributed by atoms with Crippen molar-refractivity contribution in [1.29, 1.82) is 0 Å². The van der Waals surface area contributed by atoms with Crippen LogP contribution < -0.4 is 0 Å². The van der Waals surface area contributed by atoms with Gasteiger partial charge >= 0.3 is 0 Å². The van der Waals surface area contributed by atoms with E-state index in [4.69, 9.17) is 0 Å². The number of likely N-dealkylation sites (tertiary alicyclic amines) is 1. The Balaban J connectivity index is 1.44. The third-order valence-electron chi connectivity index (χ3n) is 7.47. The highest BCUT2D eigenvalue weighted by Gasteiger charge is 2.43. The van der Waals surface area contributed by atoms with Gasteiger partial charge < -0.3 is 9.80 Å². The standard InChI is InChI=1S/C28H36N2O2/c1-29(2)27(32)28(16-18-30(19-17-28)26(31)20-22-8-6-7-9-22)21-23-12-14-25(15-13-23)24-10-4-3-5-11-24/h3-5,10-15,22H,6-9,16-21H2,1-2H3. The van der Waals surface area contributed by atoms with Crippen molar-refractivity contribution in [3.8, 4) is 11.1 Å². The third kappa shape index (κ3) is 5.06. The van der Waals surface area contributed by atoms with Crippen LogP contribution >= 0.6 is 0 Å². The van der Waals surface area contributed by atoms with Crippen molar-refractivity contribution in [2.45, 2.75) is 51.4 Å². The van der Waals surface area contributed by atoms with Crippen LogP contribution in [0.25, 0.3) is 11.1 Å². The summed E-state index contributed by atoms with van der Waals surface area (Å²) in [5.41, 5.74) is 3.15. The summed E-state index contributed by atoms with van der Waals surface area (Å²) in [6.07, 6.45) is 7.81. The van der Waals surface area contributed by atoms with Crippen molar-refractivity contribution in [3.05, 3.63) is 60.2 Å². The van der Waals surface area contributed by atoms with Gasteiger partial charge in [-0.2, -0.15) is 0 Å². The van der Waals surface area contributed by atoms with E-state index in [-0.39, 0.29) is 11.8 Å². The van der Waals surface area contributed by atoms with E-state index in [1.54, 1.807) is 4.90 Å². The van der Waals surface area contributed by atoms with Crippen molar-refractivity contribution < 1.29 is 9.59 Å². The molecular weight excluding hydrogens is 396 g/mol. The van der Waals surface area contributed by atoms with E-state index < -0.39 is 5.41 Å². The summed E-state index contributed by atoms with van der Waals surface area (Å²) < 4.78 is 0. The van der Waals surface area contributed by atoms with Crippen molar-refractivity contribution in [2.24, 2.45) is 11.3 Å². The molecular formula is C28H36N2O2. The summed E-state index contributed by atoms with van der Waals surface area (Å²) in [5, 5.41) is 0. The highest BCUT2D eigenvalue weighted by atomic mass is 16.2. The van der Waals surface area contributed by atoms with Gasteiger partial charge in [-0.3, -0.25) is 9.59 Å². The van der Waals surface area contributed by atoms with Crippen molar-refractivity contribution in [2.75, 3.05) is 27.2 Å². The van der Waals surface area contributed by atoms with Gasteiger partial charge in [0.2, 0.25) is 11.8 Å². The number of benzene rings is 2. The van der Waals surface area contributed by atoms with E-state index in [1.807, 2.05) is 25.1 Å². The Morgan fingerprint density at radius 2 is 1.50 bits per heavy atom. The average molecular weight is 433 g/mol.